The lowest BCUT2D eigenvalue weighted by Gasteiger charge is -2.46. The van der Waals surface area contributed by atoms with Gasteiger partial charge < -0.3 is 10.2 Å². The van der Waals surface area contributed by atoms with E-state index in [0.717, 1.165) is 19.3 Å². The monoisotopic (exact) mass is 240 g/mol. The molecule has 1 rings (SSSR count). The zero-order valence-corrected chi connectivity index (χ0v) is 11.5. The summed E-state index contributed by atoms with van der Waals surface area (Å²) >= 11 is 0. The molecule has 1 aliphatic rings. The van der Waals surface area contributed by atoms with Gasteiger partial charge in [-0.2, -0.15) is 0 Å². The molecule has 1 heterocycles. The van der Waals surface area contributed by atoms with Gasteiger partial charge in [-0.05, 0) is 24.7 Å². The number of carbonyl (C=O) groups excluding carboxylic acids is 2. The van der Waals surface area contributed by atoms with Crippen LogP contribution in [0.2, 0.25) is 0 Å². The van der Waals surface area contributed by atoms with Crippen molar-refractivity contribution in [1.82, 2.24) is 10.2 Å². The number of nitrogens with one attached hydrogen (secondary N) is 1. The van der Waals surface area contributed by atoms with E-state index < -0.39 is 0 Å². The minimum atomic E-state index is -0.296. The van der Waals surface area contributed by atoms with E-state index in [-0.39, 0.29) is 29.3 Å². The van der Waals surface area contributed by atoms with Crippen LogP contribution in [0, 0.1) is 5.41 Å². The Labute approximate surface area is 104 Å². The van der Waals surface area contributed by atoms with Gasteiger partial charge in [0.25, 0.3) is 0 Å². The lowest BCUT2D eigenvalue weighted by Crippen LogP contribution is -2.58. The average Bonchev–Trinajstić information content (AvgIpc) is 2.25. The van der Waals surface area contributed by atoms with Gasteiger partial charge in [0.1, 0.15) is 6.04 Å². The second-order valence-corrected chi connectivity index (χ2v) is 5.87. The van der Waals surface area contributed by atoms with E-state index in [0.29, 0.717) is 0 Å². The summed E-state index contributed by atoms with van der Waals surface area (Å²) in [4.78, 5) is 25.5. The van der Waals surface area contributed by atoms with Gasteiger partial charge in [0.05, 0.1) is 0 Å². The third kappa shape index (κ3) is 2.99. The highest BCUT2D eigenvalue weighted by molar-refractivity contribution is 5.87. The molecule has 0 aromatic heterocycles. The predicted molar refractivity (Wildman–Crippen MR) is 67.5 cm³/mol. The van der Waals surface area contributed by atoms with Crippen molar-refractivity contribution in [3.05, 3.63) is 0 Å². The lowest BCUT2D eigenvalue weighted by atomic mass is 9.78. The van der Waals surface area contributed by atoms with E-state index in [1.807, 2.05) is 0 Å². The van der Waals surface area contributed by atoms with Gasteiger partial charge in [-0.3, -0.25) is 9.59 Å². The van der Waals surface area contributed by atoms with Crippen molar-refractivity contribution in [2.75, 3.05) is 7.05 Å². The quantitative estimate of drug-likeness (QED) is 0.756. The first-order chi connectivity index (χ1) is 7.79. The zero-order valence-electron chi connectivity index (χ0n) is 11.5. The Morgan fingerprint density at radius 1 is 1.24 bits per heavy atom. The number of likely N-dealkylation sites (N-methyl/N-ethyl adjacent to an activating group) is 1. The Bertz CT molecular complexity index is 307. The summed E-state index contributed by atoms with van der Waals surface area (Å²) in [5.41, 5.74) is 0.0123. The summed E-state index contributed by atoms with van der Waals surface area (Å²) in [5, 5.41) is 2.66. The maximum atomic E-state index is 11.8. The van der Waals surface area contributed by atoms with Crippen molar-refractivity contribution in [3.8, 4) is 0 Å². The van der Waals surface area contributed by atoms with Crippen LogP contribution in [0.4, 0.5) is 0 Å². The van der Waals surface area contributed by atoms with Gasteiger partial charge in [-0.1, -0.05) is 20.8 Å². The molecule has 0 saturated carbocycles. The number of piperidine rings is 1. The van der Waals surface area contributed by atoms with Crippen LogP contribution in [-0.4, -0.2) is 35.8 Å². The molecule has 1 saturated heterocycles. The van der Waals surface area contributed by atoms with Crippen LogP contribution in [0.3, 0.4) is 0 Å². The SMILES string of the molecule is CNC(=O)[C@@H]1CCC[C@H](C(C)(C)C)N1C(C)=O. The number of nitrogens with zero attached hydrogens (tertiary/aromatic N) is 1. The van der Waals surface area contributed by atoms with Crippen molar-refractivity contribution in [1.29, 1.82) is 0 Å². The van der Waals surface area contributed by atoms with Gasteiger partial charge in [-0.25, -0.2) is 0 Å². The number of carbonyl (C=O) groups is 2. The van der Waals surface area contributed by atoms with Gasteiger partial charge in [0, 0.05) is 20.0 Å². The Balaban J connectivity index is 3.00. The zero-order chi connectivity index (χ0) is 13.2. The summed E-state index contributed by atoms with van der Waals surface area (Å²) in [6.07, 6.45) is 2.76. The van der Waals surface area contributed by atoms with E-state index in [1.54, 1.807) is 18.9 Å². The summed E-state index contributed by atoms with van der Waals surface area (Å²) in [6.45, 7) is 7.93. The molecule has 1 aliphatic heterocycles. The maximum Gasteiger partial charge on any atom is 0.242 e. The minimum absolute atomic E-state index is 0.00164. The first-order valence-electron chi connectivity index (χ1n) is 6.29. The van der Waals surface area contributed by atoms with Gasteiger partial charge in [0.2, 0.25) is 11.8 Å². The smallest absolute Gasteiger partial charge is 0.242 e. The maximum absolute atomic E-state index is 11.8. The lowest BCUT2D eigenvalue weighted by molar-refractivity contribution is -0.147. The number of hydrogen-bond acceptors (Lipinski definition) is 2. The van der Waals surface area contributed by atoms with E-state index >= 15 is 0 Å². The molecule has 2 atom stereocenters. The van der Waals surface area contributed by atoms with Crippen molar-refractivity contribution in [2.24, 2.45) is 5.41 Å². The molecule has 1 N–H and O–H groups in total. The van der Waals surface area contributed by atoms with Gasteiger partial charge in [-0.15, -0.1) is 0 Å². The molecule has 2 amide bonds. The fourth-order valence-corrected chi connectivity index (χ4v) is 2.71. The standard InChI is InChI=1S/C13H24N2O2/c1-9(16)15-10(12(17)14-5)7-6-8-11(15)13(2,3)4/h10-11H,6-8H2,1-5H3,(H,14,17)/t10-,11+/m0/s1. The predicted octanol–water partition coefficient (Wildman–Crippen LogP) is 1.55. The van der Waals surface area contributed by atoms with Crippen LogP contribution in [0.1, 0.15) is 47.0 Å². The molecule has 0 aromatic rings. The second kappa shape index (κ2) is 5.07. The number of rotatable bonds is 1. The molecule has 17 heavy (non-hydrogen) atoms. The highest BCUT2D eigenvalue weighted by atomic mass is 16.2. The summed E-state index contributed by atoms with van der Waals surface area (Å²) in [6, 6.07) is -0.147. The van der Waals surface area contributed by atoms with Crippen molar-refractivity contribution in [2.45, 2.75) is 59.0 Å². The minimum Gasteiger partial charge on any atom is -0.357 e. The molecule has 4 heteroatoms. The molecule has 4 nitrogen and oxygen atoms in total. The Morgan fingerprint density at radius 3 is 2.24 bits per heavy atom. The first-order valence-corrected chi connectivity index (χ1v) is 6.29. The third-order valence-electron chi connectivity index (χ3n) is 3.54. The summed E-state index contributed by atoms with van der Waals surface area (Å²) in [5.74, 6) is -0.0487. The number of amides is 2. The van der Waals surface area contributed by atoms with E-state index in [2.05, 4.69) is 26.1 Å². The largest absolute Gasteiger partial charge is 0.357 e. The van der Waals surface area contributed by atoms with Crippen LogP contribution in [0.25, 0.3) is 0 Å². The molecule has 0 aromatic carbocycles. The molecule has 0 radical (unpaired) electrons. The highest BCUT2D eigenvalue weighted by Crippen LogP contribution is 2.34. The molecular weight excluding hydrogens is 216 g/mol. The fourth-order valence-electron chi connectivity index (χ4n) is 2.71. The summed E-state index contributed by atoms with van der Waals surface area (Å²) < 4.78 is 0. The molecule has 1 fully saturated rings. The molecule has 0 aliphatic carbocycles. The molecule has 0 spiro atoms. The Kier molecular flexibility index (Phi) is 4.17. The highest BCUT2D eigenvalue weighted by Gasteiger charge is 2.41. The van der Waals surface area contributed by atoms with Crippen LogP contribution < -0.4 is 5.32 Å². The topological polar surface area (TPSA) is 49.4 Å². The average molecular weight is 240 g/mol. The van der Waals surface area contributed by atoms with E-state index in [9.17, 15) is 9.59 Å². The third-order valence-corrected chi connectivity index (χ3v) is 3.54. The van der Waals surface area contributed by atoms with Crippen molar-refractivity contribution < 1.29 is 9.59 Å². The number of likely N-dealkylation sites (tertiary alicyclic amines) is 1. The van der Waals surface area contributed by atoms with Crippen LogP contribution >= 0.6 is 0 Å². The second-order valence-electron chi connectivity index (χ2n) is 5.87. The Hall–Kier alpha value is -1.06. The molecule has 0 bridgehead atoms. The van der Waals surface area contributed by atoms with Gasteiger partial charge >= 0.3 is 0 Å². The molecular formula is C13H24N2O2. The van der Waals surface area contributed by atoms with Gasteiger partial charge in [0.15, 0.2) is 0 Å². The van der Waals surface area contributed by atoms with Crippen LogP contribution in [0.15, 0.2) is 0 Å². The van der Waals surface area contributed by atoms with Crippen molar-refractivity contribution in [3.63, 3.8) is 0 Å². The fraction of sp³-hybridized carbons (Fsp3) is 0.846. The summed E-state index contributed by atoms with van der Waals surface area (Å²) in [7, 11) is 1.63. The van der Waals surface area contributed by atoms with Crippen LogP contribution in [-0.2, 0) is 9.59 Å². The van der Waals surface area contributed by atoms with E-state index in [4.69, 9.17) is 0 Å². The Morgan fingerprint density at radius 2 is 1.82 bits per heavy atom. The normalized spacial score (nSPS) is 25.6. The molecule has 0 unspecified atom stereocenters. The first kappa shape index (κ1) is 14.0. The van der Waals surface area contributed by atoms with Crippen LogP contribution in [0.5, 0.6) is 0 Å². The van der Waals surface area contributed by atoms with E-state index in [1.165, 1.54) is 0 Å². The number of hydrogen-bond donors (Lipinski definition) is 1. The van der Waals surface area contributed by atoms with Crippen molar-refractivity contribution >= 4 is 11.8 Å². The molecule has 98 valence electrons.